The third-order valence-electron chi connectivity index (χ3n) is 2.89. The van der Waals surface area contributed by atoms with Crippen LogP contribution in [0.1, 0.15) is 30.0 Å². The molecule has 94 valence electrons. The zero-order chi connectivity index (χ0) is 12.5. The molecule has 0 bridgehead atoms. The van der Waals surface area contributed by atoms with Gasteiger partial charge in [0.25, 0.3) is 0 Å². The van der Waals surface area contributed by atoms with E-state index in [1.807, 2.05) is 6.07 Å². The van der Waals surface area contributed by atoms with Gasteiger partial charge in [-0.1, -0.05) is 6.07 Å². The van der Waals surface area contributed by atoms with E-state index in [1.54, 1.807) is 12.1 Å². The van der Waals surface area contributed by atoms with Crippen molar-refractivity contribution in [3.63, 3.8) is 0 Å². The largest absolute Gasteiger partial charge is 0.493 e. The lowest BCUT2D eigenvalue weighted by atomic mass is 10.1. The summed E-state index contributed by atoms with van der Waals surface area (Å²) >= 11 is 0. The molecule has 2 N–H and O–H groups in total. The molecule has 2 rings (SSSR count). The van der Waals surface area contributed by atoms with Crippen LogP contribution in [0.2, 0.25) is 0 Å². The number of ether oxygens (including phenoxy) is 1. The van der Waals surface area contributed by atoms with Gasteiger partial charge in [-0.05, 0) is 36.1 Å². The Balaban J connectivity index is 1.95. The van der Waals surface area contributed by atoms with E-state index in [-0.39, 0.29) is 12.6 Å². The number of benzene rings is 1. The van der Waals surface area contributed by atoms with Gasteiger partial charge in [0.05, 0.1) is 13.0 Å². The summed E-state index contributed by atoms with van der Waals surface area (Å²) in [6.07, 6.45) is -3.34. The third-order valence-corrected chi connectivity index (χ3v) is 2.89. The average molecular weight is 245 g/mol. The predicted octanol–water partition coefficient (Wildman–Crippen LogP) is 2.96. The quantitative estimate of drug-likeness (QED) is 0.888. The van der Waals surface area contributed by atoms with E-state index >= 15 is 0 Å². The van der Waals surface area contributed by atoms with E-state index in [0.29, 0.717) is 5.75 Å². The highest BCUT2D eigenvalue weighted by atomic mass is 19.4. The number of rotatable bonds is 3. The highest BCUT2D eigenvalue weighted by molar-refractivity contribution is 5.40. The molecule has 1 aromatic rings. The second-order valence-corrected chi connectivity index (χ2v) is 4.22. The lowest BCUT2D eigenvalue weighted by molar-refractivity contribution is -0.139. The second-order valence-electron chi connectivity index (χ2n) is 4.22. The highest BCUT2D eigenvalue weighted by Crippen LogP contribution is 2.32. The number of fused-ring (bicyclic) bond motifs is 1. The average Bonchev–Trinajstić information content (AvgIpc) is 2.58. The molecule has 17 heavy (non-hydrogen) atoms. The van der Waals surface area contributed by atoms with Gasteiger partial charge in [-0.25, -0.2) is 0 Å². The van der Waals surface area contributed by atoms with Crippen molar-refractivity contribution in [1.82, 2.24) is 0 Å². The van der Waals surface area contributed by atoms with E-state index in [2.05, 4.69) is 0 Å². The molecule has 0 fully saturated rings. The monoisotopic (exact) mass is 245 g/mol. The Morgan fingerprint density at radius 3 is 2.82 bits per heavy atom. The highest BCUT2D eigenvalue weighted by Gasteiger charge is 2.27. The predicted molar refractivity (Wildman–Crippen MR) is 57.9 cm³/mol. The summed E-state index contributed by atoms with van der Waals surface area (Å²) in [6, 6.07) is 5.36. The molecule has 0 saturated carbocycles. The molecule has 5 heteroatoms. The van der Waals surface area contributed by atoms with Crippen LogP contribution in [-0.4, -0.2) is 12.8 Å². The number of halogens is 3. The van der Waals surface area contributed by atoms with Crippen molar-refractivity contribution in [1.29, 1.82) is 0 Å². The first-order chi connectivity index (χ1) is 7.96. The fourth-order valence-electron chi connectivity index (χ4n) is 2.00. The molecule has 1 aromatic carbocycles. The maximum atomic E-state index is 11.9. The zero-order valence-electron chi connectivity index (χ0n) is 9.26. The minimum Gasteiger partial charge on any atom is -0.493 e. The number of hydrogen-bond donors (Lipinski definition) is 1. The van der Waals surface area contributed by atoms with Crippen molar-refractivity contribution in [2.24, 2.45) is 5.73 Å². The van der Waals surface area contributed by atoms with Crippen LogP contribution in [0.25, 0.3) is 0 Å². The fourth-order valence-corrected chi connectivity index (χ4v) is 2.00. The molecule has 0 radical (unpaired) electrons. The van der Waals surface area contributed by atoms with Gasteiger partial charge >= 0.3 is 6.18 Å². The van der Waals surface area contributed by atoms with E-state index in [9.17, 15) is 13.2 Å². The van der Waals surface area contributed by atoms with Gasteiger partial charge in [-0.15, -0.1) is 0 Å². The van der Waals surface area contributed by atoms with Crippen LogP contribution in [0.4, 0.5) is 13.2 Å². The second kappa shape index (κ2) is 4.56. The van der Waals surface area contributed by atoms with Crippen molar-refractivity contribution in [2.75, 3.05) is 6.61 Å². The lowest BCUT2D eigenvalue weighted by Gasteiger charge is -2.10. The number of aryl methyl sites for hydroxylation is 1. The third kappa shape index (κ3) is 3.12. The summed E-state index contributed by atoms with van der Waals surface area (Å²) in [7, 11) is 0. The number of hydrogen-bond acceptors (Lipinski definition) is 2. The molecule has 0 aliphatic heterocycles. The smallest absolute Gasteiger partial charge is 0.392 e. The lowest BCUT2D eigenvalue weighted by Crippen LogP contribution is -2.13. The minimum absolute atomic E-state index is 0.0502. The van der Waals surface area contributed by atoms with Gasteiger partial charge in [-0.2, -0.15) is 13.2 Å². The molecule has 0 unspecified atom stereocenters. The summed E-state index contributed by atoms with van der Waals surface area (Å²) < 4.78 is 40.9. The van der Waals surface area contributed by atoms with Gasteiger partial charge in [0, 0.05) is 6.04 Å². The number of nitrogens with two attached hydrogens (primary N) is 1. The Morgan fingerprint density at radius 2 is 2.12 bits per heavy atom. The summed E-state index contributed by atoms with van der Waals surface area (Å²) in [4.78, 5) is 0. The maximum absolute atomic E-state index is 11.9. The van der Waals surface area contributed by atoms with E-state index in [1.165, 1.54) is 0 Å². The van der Waals surface area contributed by atoms with Crippen molar-refractivity contribution < 1.29 is 17.9 Å². The fraction of sp³-hybridized carbons (Fsp3) is 0.500. The SMILES string of the molecule is N[C@H]1CCc2cc(OCCC(F)(F)F)ccc21. The maximum Gasteiger partial charge on any atom is 0.392 e. The van der Waals surface area contributed by atoms with Gasteiger partial charge in [0.1, 0.15) is 5.75 Å². The molecule has 0 spiro atoms. The molecule has 1 aliphatic rings. The van der Waals surface area contributed by atoms with E-state index < -0.39 is 12.6 Å². The molecular weight excluding hydrogens is 231 g/mol. The van der Waals surface area contributed by atoms with E-state index in [4.69, 9.17) is 10.5 Å². The van der Waals surface area contributed by atoms with Crippen LogP contribution < -0.4 is 10.5 Å². The standard InChI is InChI=1S/C12H14F3NO/c13-12(14,15)5-6-17-9-2-3-10-8(7-9)1-4-11(10)16/h2-3,7,11H,1,4-6,16H2/t11-/m0/s1. The Kier molecular flexibility index (Phi) is 3.28. The first kappa shape index (κ1) is 12.2. The van der Waals surface area contributed by atoms with Crippen LogP contribution in [-0.2, 0) is 6.42 Å². The molecule has 0 heterocycles. The van der Waals surface area contributed by atoms with Gasteiger partial charge < -0.3 is 10.5 Å². The Labute approximate surface area is 97.6 Å². The van der Waals surface area contributed by atoms with Gasteiger partial charge in [0.2, 0.25) is 0 Å². The van der Waals surface area contributed by atoms with E-state index in [0.717, 1.165) is 24.0 Å². The Hall–Kier alpha value is -1.23. The first-order valence-corrected chi connectivity index (χ1v) is 5.54. The topological polar surface area (TPSA) is 35.2 Å². The van der Waals surface area contributed by atoms with Gasteiger partial charge in [-0.3, -0.25) is 0 Å². The summed E-state index contributed by atoms with van der Waals surface area (Å²) in [5.74, 6) is 0.488. The molecule has 0 amide bonds. The van der Waals surface area contributed by atoms with Gasteiger partial charge in [0.15, 0.2) is 0 Å². The van der Waals surface area contributed by atoms with Crippen LogP contribution in [0.3, 0.4) is 0 Å². The summed E-state index contributed by atoms with van der Waals surface area (Å²) in [5, 5.41) is 0. The molecular formula is C12H14F3NO. The van der Waals surface area contributed by atoms with Crippen LogP contribution in [0.5, 0.6) is 5.75 Å². The Bertz CT molecular complexity index is 403. The van der Waals surface area contributed by atoms with Crippen LogP contribution in [0, 0.1) is 0 Å². The normalized spacial score (nSPS) is 19.2. The van der Waals surface area contributed by atoms with Crippen molar-refractivity contribution >= 4 is 0 Å². The molecule has 1 aliphatic carbocycles. The molecule has 0 saturated heterocycles. The number of alkyl halides is 3. The summed E-state index contributed by atoms with van der Waals surface area (Å²) in [5.41, 5.74) is 8.03. The summed E-state index contributed by atoms with van der Waals surface area (Å²) in [6.45, 7) is -0.339. The molecule has 0 aromatic heterocycles. The van der Waals surface area contributed by atoms with Crippen molar-refractivity contribution in [2.45, 2.75) is 31.5 Å². The van der Waals surface area contributed by atoms with Crippen LogP contribution in [0.15, 0.2) is 18.2 Å². The first-order valence-electron chi connectivity index (χ1n) is 5.54. The van der Waals surface area contributed by atoms with Crippen molar-refractivity contribution in [3.8, 4) is 5.75 Å². The minimum atomic E-state index is -4.17. The Morgan fingerprint density at radius 1 is 1.35 bits per heavy atom. The van der Waals surface area contributed by atoms with Crippen molar-refractivity contribution in [3.05, 3.63) is 29.3 Å². The zero-order valence-corrected chi connectivity index (χ0v) is 9.26. The molecule has 2 nitrogen and oxygen atoms in total. The molecule has 1 atom stereocenters. The van der Waals surface area contributed by atoms with Crippen LogP contribution >= 0.6 is 0 Å².